The van der Waals surface area contributed by atoms with Crippen molar-refractivity contribution in [1.82, 2.24) is 4.98 Å². The number of nitrogens with one attached hydrogen (secondary N) is 2. The summed E-state index contributed by atoms with van der Waals surface area (Å²) < 4.78 is 43.4. The topological polar surface area (TPSA) is 97.4 Å². The highest BCUT2D eigenvalue weighted by Gasteiger charge is 2.30. The lowest BCUT2D eigenvalue weighted by atomic mass is 10.1. The van der Waals surface area contributed by atoms with Crippen LogP contribution in [0, 0.1) is 6.92 Å². The van der Waals surface area contributed by atoms with E-state index in [0.29, 0.717) is 5.69 Å². The first-order valence-corrected chi connectivity index (χ1v) is 10.6. The molecule has 0 bridgehead atoms. The average molecular weight is 489 g/mol. The zero-order valence-corrected chi connectivity index (χ0v) is 18.5. The van der Waals surface area contributed by atoms with Crippen LogP contribution in [0.2, 0.25) is 0 Å². The molecule has 1 aromatic heterocycles. The monoisotopic (exact) mass is 489 g/mol. The summed E-state index contributed by atoms with van der Waals surface area (Å²) in [7, 11) is 0. The standard InChI is InChI=1S/C23H18F3N3O4S/c1-14-27-19(13-34-14)8-9-21(31)33-12-20(30)28-17-6-2-4-15(10-17)22(32)29-18-7-3-5-16(11-18)23(24,25)26/h2-11,13H,12H2,1H3,(H,28,30)(H,29,32)/b9-8-. The number of nitrogens with zero attached hydrogens (tertiary/aromatic N) is 1. The van der Waals surface area contributed by atoms with Gasteiger partial charge in [-0.1, -0.05) is 12.1 Å². The molecule has 0 saturated heterocycles. The highest BCUT2D eigenvalue weighted by atomic mass is 32.1. The molecule has 0 fully saturated rings. The minimum Gasteiger partial charge on any atom is -0.452 e. The van der Waals surface area contributed by atoms with E-state index in [0.717, 1.165) is 23.2 Å². The van der Waals surface area contributed by atoms with E-state index in [4.69, 9.17) is 4.74 Å². The lowest BCUT2D eigenvalue weighted by Gasteiger charge is -2.11. The normalized spacial score (nSPS) is 11.3. The fraction of sp³-hybridized carbons (Fsp3) is 0.130. The van der Waals surface area contributed by atoms with Gasteiger partial charge in [0.25, 0.3) is 11.8 Å². The second-order valence-corrected chi connectivity index (χ2v) is 7.96. The zero-order chi connectivity index (χ0) is 24.7. The smallest absolute Gasteiger partial charge is 0.416 e. The molecular weight excluding hydrogens is 471 g/mol. The van der Waals surface area contributed by atoms with Crippen LogP contribution in [0.1, 0.15) is 26.6 Å². The van der Waals surface area contributed by atoms with Crippen LogP contribution in [0.3, 0.4) is 0 Å². The van der Waals surface area contributed by atoms with Gasteiger partial charge >= 0.3 is 12.1 Å². The van der Waals surface area contributed by atoms with Gasteiger partial charge in [-0.25, -0.2) is 9.78 Å². The first-order valence-electron chi connectivity index (χ1n) is 9.75. The number of benzene rings is 2. The predicted molar refractivity (Wildman–Crippen MR) is 121 cm³/mol. The average Bonchev–Trinajstić information content (AvgIpc) is 3.21. The van der Waals surface area contributed by atoms with Gasteiger partial charge in [-0.3, -0.25) is 9.59 Å². The summed E-state index contributed by atoms with van der Waals surface area (Å²) in [5.74, 6) is -2.03. The van der Waals surface area contributed by atoms with Crippen LogP contribution in [0.5, 0.6) is 0 Å². The van der Waals surface area contributed by atoms with Crippen LogP contribution in [0.15, 0.2) is 60.0 Å². The molecule has 1 heterocycles. The van der Waals surface area contributed by atoms with Crippen molar-refractivity contribution in [2.75, 3.05) is 17.2 Å². The van der Waals surface area contributed by atoms with E-state index in [9.17, 15) is 27.6 Å². The molecule has 3 aromatic rings. The van der Waals surface area contributed by atoms with Crippen molar-refractivity contribution >= 4 is 46.6 Å². The molecule has 0 spiro atoms. The summed E-state index contributed by atoms with van der Waals surface area (Å²) in [6.45, 7) is 1.27. The minimum absolute atomic E-state index is 0.0259. The summed E-state index contributed by atoms with van der Waals surface area (Å²) in [6.07, 6.45) is -1.92. The van der Waals surface area contributed by atoms with Crippen molar-refractivity contribution in [3.63, 3.8) is 0 Å². The third-order valence-electron chi connectivity index (χ3n) is 4.23. The van der Waals surface area contributed by atoms with E-state index in [-0.39, 0.29) is 16.9 Å². The van der Waals surface area contributed by atoms with Gasteiger partial charge in [0.1, 0.15) is 0 Å². The third kappa shape index (κ3) is 7.27. The number of anilines is 2. The van der Waals surface area contributed by atoms with E-state index < -0.39 is 36.1 Å². The van der Waals surface area contributed by atoms with Crippen molar-refractivity contribution < 1.29 is 32.3 Å². The van der Waals surface area contributed by atoms with Gasteiger partial charge in [0, 0.05) is 28.4 Å². The number of ether oxygens (including phenoxy) is 1. The van der Waals surface area contributed by atoms with Gasteiger partial charge in [0.15, 0.2) is 6.61 Å². The Labute approximate surface area is 196 Å². The third-order valence-corrected chi connectivity index (χ3v) is 5.02. The van der Waals surface area contributed by atoms with Gasteiger partial charge in [0.2, 0.25) is 0 Å². The largest absolute Gasteiger partial charge is 0.452 e. The molecule has 7 nitrogen and oxygen atoms in total. The van der Waals surface area contributed by atoms with Gasteiger partial charge in [-0.2, -0.15) is 13.2 Å². The molecule has 2 aromatic carbocycles. The number of aryl methyl sites for hydroxylation is 1. The van der Waals surface area contributed by atoms with Gasteiger partial charge in [-0.15, -0.1) is 11.3 Å². The second kappa shape index (κ2) is 10.8. The van der Waals surface area contributed by atoms with Crippen molar-refractivity contribution in [2.24, 2.45) is 0 Å². The minimum atomic E-state index is -4.54. The molecule has 3 rings (SSSR count). The molecule has 0 aliphatic carbocycles. The summed E-state index contributed by atoms with van der Waals surface area (Å²) in [5.41, 5.74) is 0.0310. The molecule has 176 valence electrons. The number of carbonyl (C=O) groups excluding carboxylic acids is 3. The zero-order valence-electron chi connectivity index (χ0n) is 17.7. The molecule has 0 aliphatic heterocycles. The Kier molecular flexibility index (Phi) is 7.79. The van der Waals surface area contributed by atoms with Crippen LogP contribution in [0.25, 0.3) is 6.08 Å². The molecule has 0 atom stereocenters. The van der Waals surface area contributed by atoms with E-state index in [1.807, 2.05) is 6.92 Å². The quantitative estimate of drug-likeness (QED) is 0.363. The Bertz CT molecular complexity index is 1240. The first kappa shape index (κ1) is 24.6. The number of thiazole rings is 1. The van der Waals surface area contributed by atoms with E-state index in [2.05, 4.69) is 15.6 Å². The van der Waals surface area contributed by atoms with Gasteiger partial charge in [0.05, 0.1) is 16.3 Å². The highest BCUT2D eigenvalue weighted by molar-refractivity contribution is 7.09. The number of rotatable bonds is 7. The summed E-state index contributed by atoms with van der Waals surface area (Å²) >= 11 is 1.43. The number of hydrogen-bond acceptors (Lipinski definition) is 6. The van der Waals surface area contributed by atoms with Crippen LogP contribution < -0.4 is 10.6 Å². The molecule has 11 heteroatoms. The molecule has 34 heavy (non-hydrogen) atoms. The fourth-order valence-electron chi connectivity index (χ4n) is 2.71. The Morgan fingerprint density at radius 3 is 2.44 bits per heavy atom. The van der Waals surface area contributed by atoms with Gasteiger partial charge < -0.3 is 15.4 Å². The Balaban J connectivity index is 1.54. The van der Waals surface area contributed by atoms with Crippen LogP contribution in [-0.4, -0.2) is 29.4 Å². The Morgan fingerprint density at radius 2 is 1.76 bits per heavy atom. The molecule has 0 unspecified atom stereocenters. The number of esters is 1. The lowest BCUT2D eigenvalue weighted by Crippen LogP contribution is -2.20. The molecular formula is C23H18F3N3O4S. The molecule has 0 saturated carbocycles. The van der Waals surface area contributed by atoms with Crippen molar-refractivity contribution in [3.05, 3.63) is 81.8 Å². The molecule has 2 N–H and O–H groups in total. The van der Waals surface area contributed by atoms with Crippen LogP contribution >= 0.6 is 11.3 Å². The SMILES string of the molecule is Cc1nc(/C=C\C(=O)OCC(=O)Nc2cccc(C(=O)Nc3cccc(C(F)(F)F)c3)c2)cs1. The van der Waals surface area contributed by atoms with E-state index in [1.165, 1.54) is 53.8 Å². The van der Waals surface area contributed by atoms with Crippen molar-refractivity contribution in [1.29, 1.82) is 0 Å². The molecule has 0 aliphatic rings. The number of halogens is 3. The van der Waals surface area contributed by atoms with Crippen LogP contribution in [0.4, 0.5) is 24.5 Å². The molecule has 2 amide bonds. The van der Waals surface area contributed by atoms with E-state index in [1.54, 1.807) is 5.38 Å². The Morgan fingerprint density at radius 1 is 1.06 bits per heavy atom. The maximum Gasteiger partial charge on any atom is 0.416 e. The maximum absolute atomic E-state index is 12.8. The number of carbonyl (C=O) groups is 3. The molecule has 0 radical (unpaired) electrons. The second-order valence-electron chi connectivity index (χ2n) is 6.89. The fourth-order valence-corrected chi connectivity index (χ4v) is 3.29. The van der Waals surface area contributed by atoms with Gasteiger partial charge in [-0.05, 0) is 49.4 Å². The number of alkyl halides is 3. The predicted octanol–water partition coefficient (Wildman–Crippen LogP) is 4.92. The maximum atomic E-state index is 12.8. The summed E-state index contributed by atoms with van der Waals surface area (Å²) in [5, 5.41) is 7.48. The van der Waals surface area contributed by atoms with E-state index >= 15 is 0 Å². The first-order chi connectivity index (χ1) is 16.1. The highest BCUT2D eigenvalue weighted by Crippen LogP contribution is 2.30. The van der Waals surface area contributed by atoms with Crippen molar-refractivity contribution in [3.8, 4) is 0 Å². The Hall–Kier alpha value is -3.99. The number of amides is 2. The number of aromatic nitrogens is 1. The summed E-state index contributed by atoms with van der Waals surface area (Å²) in [4.78, 5) is 40.4. The lowest BCUT2D eigenvalue weighted by molar-refractivity contribution is -0.142. The summed E-state index contributed by atoms with van der Waals surface area (Å²) in [6, 6.07) is 10.0. The van der Waals surface area contributed by atoms with Crippen LogP contribution in [-0.2, 0) is 20.5 Å². The number of hydrogen-bond donors (Lipinski definition) is 2. The van der Waals surface area contributed by atoms with Crippen molar-refractivity contribution in [2.45, 2.75) is 13.1 Å².